The molecule has 0 aliphatic rings. The van der Waals surface area contributed by atoms with Gasteiger partial charge in [-0.1, -0.05) is 48.5 Å². The van der Waals surface area contributed by atoms with Crippen LogP contribution in [-0.4, -0.2) is 23.0 Å². The molecule has 1 unspecified atom stereocenters. The van der Waals surface area contributed by atoms with E-state index in [1.807, 2.05) is 0 Å². The number of para-hydroxylation sites is 1. The second kappa shape index (κ2) is 13.3. The summed E-state index contributed by atoms with van der Waals surface area (Å²) in [6.45, 7) is 1.69. The van der Waals surface area contributed by atoms with Gasteiger partial charge in [-0.05, 0) is 73.2 Å². The number of halogens is 2. The first-order chi connectivity index (χ1) is 19.3. The smallest absolute Gasteiger partial charge is 0.272 e. The summed E-state index contributed by atoms with van der Waals surface area (Å²) < 4.78 is 27.3. The zero-order valence-corrected chi connectivity index (χ0v) is 22.2. The average molecular weight is 558 g/mol. The summed E-state index contributed by atoms with van der Waals surface area (Å²) in [4.78, 5) is 39.3. The lowest BCUT2D eigenvalue weighted by Gasteiger charge is -2.14. The van der Waals surface area contributed by atoms with Crippen molar-refractivity contribution in [3.63, 3.8) is 0 Å². The lowest BCUT2D eigenvalue weighted by atomic mass is 10.1. The minimum absolute atomic E-state index is 0.0452. The Kier molecular flexibility index (Phi) is 9.43. The molecular formula is C31H25F2N3O3S. The van der Waals surface area contributed by atoms with E-state index in [1.54, 1.807) is 67.6 Å². The molecule has 0 fully saturated rings. The average Bonchev–Trinajstić information content (AvgIpc) is 2.95. The van der Waals surface area contributed by atoms with Crippen molar-refractivity contribution < 1.29 is 23.2 Å². The third-order valence-corrected chi connectivity index (χ3v) is 6.71. The molecule has 0 saturated carbocycles. The molecular weight excluding hydrogens is 532 g/mol. The number of hydrogen-bond donors (Lipinski definition) is 3. The summed E-state index contributed by atoms with van der Waals surface area (Å²) in [7, 11) is 0. The predicted octanol–water partition coefficient (Wildman–Crippen LogP) is 6.49. The predicted molar refractivity (Wildman–Crippen MR) is 154 cm³/mol. The first-order valence-corrected chi connectivity index (χ1v) is 13.1. The maximum Gasteiger partial charge on any atom is 0.272 e. The van der Waals surface area contributed by atoms with Crippen LogP contribution in [0.4, 0.5) is 20.2 Å². The molecule has 0 aliphatic heterocycles. The quantitative estimate of drug-likeness (QED) is 0.162. The largest absolute Gasteiger partial charge is 0.323 e. The molecule has 4 rings (SSSR count). The molecule has 0 saturated heterocycles. The van der Waals surface area contributed by atoms with Crippen molar-refractivity contribution in [2.75, 3.05) is 10.6 Å². The molecule has 1 atom stereocenters. The number of nitrogens with one attached hydrogen (secondary N) is 3. The van der Waals surface area contributed by atoms with Crippen molar-refractivity contribution in [3.05, 3.63) is 132 Å². The molecule has 9 heteroatoms. The van der Waals surface area contributed by atoms with Crippen molar-refractivity contribution in [3.8, 4) is 0 Å². The molecule has 0 heterocycles. The number of thioether (sulfide) groups is 1. The topological polar surface area (TPSA) is 87.3 Å². The summed E-state index contributed by atoms with van der Waals surface area (Å²) >= 11 is 1.23. The van der Waals surface area contributed by atoms with E-state index in [0.717, 1.165) is 0 Å². The van der Waals surface area contributed by atoms with Crippen LogP contribution in [-0.2, 0) is 9.59 Å². The first kappa shape index (κ1) is 28.3. The van der Waals surface area contributed by atoms with E-state index in [2.05, 4.69) is 16.0 Å². The van der Waals surface area contributed by atoms with Gasteiger partial charge in [0, 0.05) is 16.1 Å². The van der Waals surface area contributed by atoms with Crippen LogP contribution in [0.1, 0.15) is 22.8 Å². The van der Waals surface area contributed by atoms with Gasteiger partial charge in [-0.2, -0.15) is 0 Å². The van der Waals surface area contributed by atoms with Crippen molar-refractivity contribution in [2.45, 2.75) is 17.1 Å². The Morgan fingerprint density at radius 3 is 2.23 bits per heavy atom. The monoisotopic (exact) mass is 557 g/mol. The van der Waals surface area contributed by atoms with Crippen LogP contribution < -0.4 is 16.0 Å². The second-order valence-corrected chi connectivity index (χ2v) is 10.1. The van der Waals surface area contributed by atoms with Crippen LogP contribution in [0.2, 0.25) is 0 Å². The highest BCUT2D eigenvalue weighted by Gasteiger charge is 2.18. The van der Waals surface area contributed by atoms with E-state index in [4.69, 9.17) is 0 Å². The minimum atomic E-state index is -0.596. The van der Waals surface area contributed by atoms with Gasteiger partial charge in [0.15, 0.2) is 0 Å². The Morgan fingerprint density at radius 1 is 0.800 bits per heavy atom. The Bertz CT molecular complexity index is 1540. The number of anilines is 2. The molecule has 3 N–H and O–H groups in total. The highest BCUT2D eigenvalue weighted by Crippen LogP contribution is 2.27. The van der Waals surface area contributed by atoms with Crippen LogP contribution in [0.25, 0.3) is 6.08 Å². The number of amides is 3. The lowest BCUT2D eigenvalue weighted by Crippen LogP contribution is -2.30. The van der Waals surface area contributed by atoms with E-state index in [9.17, 15) is 23.2 Å². The van der Waals surface area contributed by atoms with E-state index in [-0.39, 0.29) is 17.3 Å². The van der Waals surface area contributed by atoms with E-state index in [1.165, 1.54) is 60.3 Å². The van der Waals surface area contributed by atoms with Crippen LogP contribution in [0, 0.1) is 11.6 Å². The fourth-order valence-electron chi connectivity index (χ4n) is 3.57. The normalized spacial score (nSPS) is 11.8. The summed E-state index contributed by atoms with van der Waals surface area (Å²) in [6, 6.07) is 26.7. The third kappa shape index (κ3) is 7.87. The van der Waals surface area contributed by atoms with Gasteiger partial charge in [-0.3, -0.25) is 14.4 Å². The number of rotatable bonds is 9. The summed E-state index contributed by atoms with van der Waals surface area (Å²) in [5, 5.41) is 7.40. The van der Waals surface area contributed by atoms with E-state index < -0.39 is 28.7 Å². The van der Waals surface area contributed by atoms with Crippen molar-refractivity contribution in [1.82, 2.24) is 5.32 Å². The van der Waals surface area contributed by atoms with Gasteiger partial charge >= 0.3 is 0 Å². The first-order valence-electron chi connectivity index (χ1n) is 12.3. The summed E-state index contributed by atoms with van der Waals surface area (Å²) in [6.07, 6.45) is 1.45. The van der Waals surface area contributed by atoms with Gasteiger partial charge in [0.05, 0.1) is 10.9 Å². The zero-order chi connectivity index (χ0) is 28.5. The van der Waals surface area contributed by atoms with Crippen LogP contribution in [0.15, 0.2) is 114 Å². The Balaban J connectivity index is 1.48. The van der Waals surface area contributed by atoms with Crippen LogP contribution in [0.3, 0.4) is 0 Å². The van der Waals surface area contributed by atoms with Crippen molar-refractivity contribution >= 4 is 46.9 Å². The highest BCUT2D eigenvalue weighted by atomic mass is 32.2. The highest BCUT2D eigenvalue weighted by molar-refractivity contribution is 8.00. The molecule has 0 aromatic heterocycles. The van der Waals surface area contributed by atoms with Crippen molar-refractivity contribution in [2.24, 2.45) is 0 Å². The number of benzene rings is 4. The molecule has 0 bridgehead atoms. The zero-order valence-electron chi connectivity index (χ0n) is 21.4. The molecule has 40 heavy (non-hydrogen) atoms. The fourth-order valence-corrected chi connectivity index (χ4v) is 4.49. The fraction of sp³-hybridized carbons (Fsp3) is 0.0645. The molecule has 0 aliphatic carbocycles. The molecule has 0 spiro atoms. The maximum absolute atomic E-state index is 13.9. The van der Waals surface area contributed by atoms with Gasteiger partial charge in [0.25, 0.3) is 11.8 Å². The van der Waals surface area contributed by atoms with Crippen LogP contribution in [0.5, 0.6) is 0 Å². The van der Waals surface area contributed by atoms with E-state index in [0.29, 0.717) is 21.7 Å². The Morgan fingerprint density at radius 2 is 1.50 bits per heavy atom. The standard InChI is InChI=1S/C31H25F2N3O3S/c1-20(29(37)35-27-13-6-5-12-26(27)33)40-25-11-7-10-24(19-25)34-31(39)28(18-21-14-16-23(32)17-15-21)36-30(38)22-8-3-2-4-9-22/h2-20H,1H3,(H,34,39)(H,35,37)(H,36,38)/b28-18-. The molecule has 202 valence electrons. The van der Waals surface area contributed by atoms with Gasteiger partial charge in [0.2, 0.25) is 5.91 Å². The Labute approximate surface area is 234 Å². The molecule has 4 aromatic carbocycles. The third-order valence-electron chi connectivity index (χ3n) is 5.62. The number of carbonyl (C=O) groups excluding carboxylic acids is 3. The molecule has 6 nitrogen and oxygen atoms in total. The van der Waals surface area contributed by atoms with Gasteiger partial charge in [0.1, 0.15) is 17.3 Å². The molecule has 4 aromatic rings. The number of hydrogen-bond acceptors (Lipinski definition) is 4. The van der Waals surface area contributed by atoms with Crippen LogP contribution >= 0.6 is 11.8 Å². The summed E-state index contributed by atoms with van der Waals surface area (Å²) in [5.74, 6) is -2.41. The minimum Gasteiger partial charge on any atom is -0.323 e. The molecule has 0 radical (unpaired) electrons. The SMILES string of the molecule is CC(Sc1cccc(NC(=O)/C(=C/c2ccc(F)cc2)NC(=O)c2ccccc2)c1)C(=O)Nc1ccccc1F. The maximum atomic E-state index is 13.9. The van der Waals surface area contributed by atoms with Gasteiger partial charge < -0.3 is 16.0 Å². The lowest BCUT2D eigenvalue weighted by molar-refractivity contribution is -0.115. The van der Waals surface area contributed by atoms with Crippen molar-refractivity contribution in [1.29, 1.82) is 0 Å². The van der Waals surface area contributed by atoms with Gasteiger partial charge in [-0.25, -0.2) is 8.78 Å². The van der Waals surface area contributed by atoms with E-state index >= 15 is 0 Å². The second-order valence-electron chi connectivity index (χ2n) is 8.64. The number of carbonyl (C=O) groups is 3. The molecule has 3 amide bonds. The van der Waals surface area contributed by atoms with Gasteiger partial charge in [-0.15, -0.1) is 11.8 Å². The summed E-state index contributed by atoms with van der Waals surface area (Å²) in [5.41, 5.74) is 1.35. The Hall–Kier alpha value is -4.76.